The maximum atomic E-state index is 10.5. The van der Waals surface area contributed by atoms with E-state index < -0.39 is 4.92 Å². The van der Waals surface area contributed by atoms with E-state index in [1.807, 2.05) is 0 Å². The van der Waals surface area contributed by atoms with Gasteiger partial charge in [-0.25, -0.2) is 4.68 Å². The number of aromatic nitrogens is 3. The van der Waals surface area contributed by atoms with E-state index >= 15 is 0 Å². The molecule has 0 unspecified atom stereocenters. The van der Waals surface area contributed by atoms with Gasteiger partial charge in [-0.2, -0.15) is 0 Å². The van der Waals surface area contributed by atoms with E-state index in [9.17, 15) is 10.1 Å². The monoisotopic (exact) mass is 247 g/mol. The van der Waals surface area contributed by atoms with E-state index in [2.05, 4.69) is 10.3 Å². The summed E-state index contributed by atoms with van der Waals surface area (Å²) in [5.74, 6) is 0. The van der Waals surface area contributed by atoms with E-state index in [4.69, 9.17) is 5.73 Å². The van der Waals surface area contributed by atoms with Crippen molar-refractivity contribution in [2.75, 3.05) is 6.54 Å². The first-order valence-electron chi connectivity index (χ1n) is 5.51. The zero-order chi connectivity index (χ0) is 13.0. The molecule has 1 heterocycles. The summed E-state index contributed by atoms with van der Waals surface area (Å²) in [7, 11) is 0. The first-order valence-corrected chi connectivity index (χ1v) is 5.51. The fourth-order valence-electron chi connectivity index (χ4n) is 1.65. The Balaban J connectivity index is 2.13. The van der Waals surface area contributed by atoms with Crippen LogP contribution in [0.15, 0.2) is 30.5 Å². The fourth-order valence-corrected chi connectivity index (χ4v) is 1.65. The molecule has 0 aliphatic carbocycles. The molecule has 2 N–H and O–H groups in total. The number of nitrogens with two attached hydrogens (primary N) is 1. The molecule has 0 atom stereocenters. The van der Waals surface area contributed by atoms with Crippen molar-refractivity contribution in [3.05, 3.63) is 51.8 Å². The van der Waals surface area contributed by atoms with Crippen molar-refractivity contribution in [3.63, 3.8) is 0 Å². The van der Waals surface area contributed by atoms with Crippen molar-refractivity contribution in [3.8, 4) is 0 Å². The topological polar surface area (TPSA) is 99.9 Å². The molecule has 0 fully saturated rings. The molecule has 0 saturated carbocycles. The lowest BCUT2D eigenvalue weighted by atomic mass is 10.2. The van der Waals surface area contributed by atoms with Crippen LogP contribution < -0.4 is 5.73 Å². The van der Waals surface area contributed by atoms with Crippen LogP contribution in [0.4, 0.5) is 5.69 Å². The molecule has 7 heteroatoms. The van der Waals surface area contributed by atoms with E-state index in [1.54, 1.807) is 23.0 Å². The molecule has 0 saturated heterocycles. The van der Waals surface area contributed by atoms with Gasteiger partial charge in [-0.05, 0) is 12.1 Å². The van der Waals surface area contributed by atoms with Crippen LogP contribution in [0.3, 0.4) is 0 Å². The fraction of sp³-hybridized carbons (Fsp3) is 0.273. The number of benzene rings is 1. The van der Waals surface area contributed by atoms with Gasteiger partial charge in [-0.1, -0.05) is 17.3 Å². The predicted octanol–water partition coefficient (Wildman–Crippen LogP) is 0.736. The summed E-state index contributed by atoms with van der Waals surface area (Å²) in [5, 5.41) is 18.3. The third-order valence-corrected chi connectivity index (χ3v) is 2.58. The molecule has 2 aromatic rings. The quantitative estimate of drug-likeness (QED) is 0.620. The van der Waals surface area contributed by atoms with Crippen LogP contribution >= 0.6 is 0 Å². The van der Waals surface area contributed by atoms with Crippen molar-refractivity contribution < 1.29 is 4.92 Å². The molecule has 0 aliphatic rings. The average molecular weight is 247 g/mol. The number of rotatable bonds is 5. The molecule has 0 aliphatic heterocycles. The number of hydrogen-bond acceptors (Lipinski definition) is 5. The second-order valence-corrected chi connectivity index (χ2v) is 3.85. The lowest BCUT2D eigenvalue weighted by Gasteiger charge is -2.05. The Hall–Kier alpha value is -2.28. The second-order valence-electron chi connectivity index (χ2n) is 3.85. The van der Waals surface area contributed by atoms with Crippen molar-refractivity contribution in [2.45, 2.75) is 13.0 Å². The van der Waals surface area contributed by atoms with Crippen LogP contribution in [0.5, 0.6) is 0 Å². The van der Waals surface area contributed by atoms with Crippen molar-refractivity contribution in [1.82, 2.24) is 15.0 Å². The standard InChI is InChI=1S/C11H13N5O2/c12-6-5-11-7-13-14-15(11)8-9-1-3-10(4-2-9)16(17)18/h1-4,7H,5-6,8,12H2. The van der Waals surface area contributed by atoms with Gasteiger partial charge in [0.15, 0.2) is 0 Å². The van der Waals surface area contributed by atoms with Gasteiger partial charge in [-0.3, -0.25) is 10.1 Å². The molecular weight excluding hydrogens is 234 g/mol. The van der Waals surface area contributed by atoms with Crippen LogP contribution in [0.2, 0.25) is 0 Å². The minimum atomic E-state index is -0.418. The zero-order valence-electron chi connectivity index (χ0n) is 9.69. The summed E-state index contributed by atoms with van der Waals surface area (Å²) < 4.78 is 1.74. The Kier molecular flexibility index (Phi) is 3.63. The van der Waals surface area contributed by atoms with E-state index in [-0.39, 0.29) is 5.69 Å². The summed E-state index contributed by atoms with van der Waals surface area (Å²) in [6.45, 7) is 1.07. The molecule has 2 rings (SSSR count). The summed E-state index contributed by atoms with van der Waals surface area (Å²) in [5.41, 5.74) is 7.46. The van der Waals surface area contributed by atoms with E-state index in [0.29, 0.717) is 19.5 Å². The average Bonchev–Trinajstić information content (AvgIpc) is 2.78. The largest absolute Gasteiger partial charge is 0.330 e. The summed E-state index contributed by atoms with van der Waals surface area (Å²) >= 11 is 0. The van der Waals surface area contributed by atoms with Crippen LogP contribution in [-0.4, -0.2) is 26.5 Å². The molecule has 0 bridgehead atoms. The Bertz CT molecular complexity index is 535. The van der Waals surface area contributed by atoms with Gasteiger partial charge in [0.1, 0.15) is 0 Å². The number of nitrogens with zero attached hydrogens (tertiary/aromatic N) is 4. The smallest absolute Gasteiger partial charge is 0.269 e. The number of non-ortho nitro benzene ring substituents is 1. The first kappa shape index (κ1) is 12.2. The Morgan fingerprint density at radius 1 is 1.33 bits per heavy atom. The van der Waals surface area contributed by atoms with Gasteiger partial charge in [-0.15, -0.1) is 5.10 Å². The third-order valence-electron chi connectivity index (χ3n) is 2.58. The number of hydrogen-bond donors (Lipinski definition) is 1. The van der Waals surface area contributed by atoms with Crippen LogP contribution in [0.1, 0.15) is 11.3 Å². The maximum Gasteiger partial charge on any atom is 0.269 e. The molecule has 18 heavy (non-hydrogen) atoms. The molecule has 7 nitrogen and oxygen atoms in total. The Labute approximate surface area is 103 Å². The minimum absolute atomic E-state index is 0.0829. The molecule has 0 spiro atoms. The molecule has 0 radical (unpaired) electrons. The van der Waals surface area contributed by atoms with Crippen LogP contribution in [-0.2, 0) is 13.0 Å². The van der Waals surface area contributed by atoms with Gasteiger partial charge >= 0.3 is 0 Å². The predicted molar refractivity (Wildman–Crippen MR) is 65.0 cm³/mol. The number of nitro benzene ring substituents is 1. The minimum Gasteiger partial charge on any atom is -0.330 e. The van der Waals surface area contributed by atoms with Crippen LogP contribution in [0, 0.1) is 10.1 Å². The van der Waals surface area contributed by atoms with Crippen molar-refractivity contribution in [1.29, 1.82) is 0 Å². The lowest BCUT2D eigenvalue weighted by Crippen LogP contribution is -2.11. The summed E-state index contributed by atoms with van der Waals surface area (Å²) in [6, 6.07) is 6.39. The molecule has 1 aromatic carbocycles. The van der Waals surface area contributed by atoms with Gasteiger partial charge in [0, 0.05) is 18.6 Å². The summed E-state index contributed by atoms with van der Waals surface area (Å²) in [6.07, 6.45) is 2.39. The van der Waals surface area contributed by atoms with Gasteiger partial charge in [0.05, 0.1) is 23.4 Å². The maximum absolute atomic E-state index is 10.5. The SMILES string of the molecule is NCCc1cnnn1Cc1ccc([N+](=O)[O-])cc1. The highest BCUT2D eigenvalue weighted by Gasteiger charge is 2.06. The highest BCUT2D eigenvalue weighted by atomic mass is 16.6. The normalized spacial score (nSPS) is 10.5. The van der Waals surface area contributed by atoms with Gasteiger partial charge in [0.2, 0.25) is 0 Å². The molecule has 0 amide bonds. The van der Waals surface area contributed by atoms with Gasteiger partial charge in [0.25, 0.3) is 5.69 Å². The van der Waals surface area contributed by atoms with Crippen LogP contribution in [0.25, 0.3) is 0 Å². The third kappa shape index (κ3) is 2.69. The second kappa shape index (κ2) is 5.37. The van der Waals surface area contributed by atoms with Crippen molar-refractivity contribution >= 4 is 5.69 Å². The Morgan fingerprint density at radius 2 is 2.06 bits per heavy atom. The highest BCUT2D eigenvalue weighted by molar-refractivity contribution is 5.32. The number of nitro groups is 1. The lowest BCUT2D eigenvalue weighted by molar-refractivity contribution is -0.384. The van der Waals surface area contributed by atoms with E-state index in [1.165, 1.54) is 12.1 Å². The first-order chi connectivity index (χ1) is 8.70. The molecule has 94 valence electrons. The van der Waals surface area contributed by atoms with Gasteiger partial charge < -0.3 is 5.73 Å². The molecule has 1 aromatic heterocycles. The van der Waals surface area contributed by atoms with Crippen molar-refractivity contribution in [2.24, 2.45) is 5.73 Å². The zero-order valence-corrected chi connectivity index (χ0v) is 9.69. The van der Waals surface area contributed by atoms with E-state index in [0.717, 1.165) is 11.3 Å². The Morgan fingerprint density at radius 3 is 2.67 bits per heavy atom. The molecular formula is C11H13N5O2. The highest BCUT2D eigenvalue weighted by Crippen LogP contribution is 2.13. The summed E-state index contributed by atoms with van der Waals surface area (Å²) in [4.78, 5) is 10.1.